The number of rotatable bonds is 5. The minimum Gasteiger partial charge on any atom is -0.449 e. The Morgan fingerprint density at radius 1 is 1.14 bits per heavy atom. The van der Waals surface area contributed by atoms with Crippen LogP contribution in [-0.2, 0) is 10.3 Å². The van der Waals surface area contributed by atoms with Crippen LogP contribution in [0.15, 0.2) is 48.5 Å². The molecule has 1 saturated heterocycles. The number of nitrogens with one attached hydrogen (secondary N) is 1. The first-order chi connectivity index (χ1) is 17.3. The molecule has 2 amide bonds. The number of pyridine rings is 1. The zero-order valence-electron chi connectivity index (χ0n) is 20.8. The van der Waals surface area contributed by atoms with Gasteiger partial charge in [-0.3, -0.25) is 4.79 Å². The van der Waals surface area contributed by atoms with Crippen molar-refractivity contribution in [3.63, 3.8) is 0 Å². The molecule has 1 aliphatic heterocycles. The van der Waals surface area contributed by atoms with E-state index in [1.807, 2.05) is 38.1 Å². The average Bonchev–Trinajstić information content (AvgIpc) is 3.64. The SMILES string of the molecule is CCCOC(=O)N1CCN(C(=O)c2ccc3c(=S)cc(-c4ccc(C5(N)CC5)cc4)[nH]c3c2)C[C@H]1C. The molecule has 5 rings (SSSR count). The Kier molecular flexibility index (Phi) is 6.57. The maximum absolute atomic E-state index is 13.4. The van der Waals surface area contributed by atoms with Crippen molar-refractivity contribution in [3.8, 4) is 11.3 Å². The lowest BCUT2D eigenvalue weighted by molar-refractivity contribution is 0.0412. The molecular formula is C28H32N4O3S. The topological polar surface area (TPSA) is 91.7 Å². The van der Waals surface area contributed by atoms with Crippen molar-refractivity contribution < 1.29 is 14.3 Å². The molecule has 2 aliphatic rings. The number of carbonyl (C=O) groups excluding carboxylic acids is 2. The van der Waals surface area contributed by atoms with Crippen LogP contribution < -0.4 is 5.73 Å². The van der Waals surface area contributed by atoms with Crippen LogP contribution >= 0.6 is 12.2 Å². The summed E-state index contributed by atoms with van der Waals surface area (Å²) in [5.74, 6) is -0.0583. The molecule has 2 aromatic carbocycles. The largest absolute Gasteiger partial charge is 0.449 e. The van der Waals surface area contributed by atoms with E-state index in [-0.39, 0.29) is 23.6 Å². The summed E-state index contributed by atoms with van der Waals surface area (Å²) in [6.07, 6.45) is 2.52. The van der Waals surface area contributed by atoms with E-state index in [0.29, 0.717) is 31.8 Å². The van der Waals surface area contributed by atoms with E-state index in [9.17, 15) is 9.59 Å². The van der Waals surface area contributed by atoms with Crippen LogP contribution in [0.1, 0.15) is 49.0 Å². The molecule has 7 nitrogen and oxygen atoms in total. The summed E-state index contributed by atoms with van der Waals surface area (Å²) in [6, 6.07) is 15.7. The minimum atomic E-state index is -0.311. The van der Waals surface area contributed by atoms with Crippen molar-refractivity contribution in [1.29, 1.82) is 0 Å². The summed E-state index contributed by atoms with van der Waals surface area (Å²) in [4.78, 5) is 32.6. The van der Waals surface area contributed by atoms with Crippen molar-refractivity contribution >= 4 is 35.1 Å². The predicted molar refractivity (Wildman–Crippen MR) is 143 cm³/mol. The van der Waals surface area contributed by atoms with E-state index in [0.717, 1.165) is 51.5 Å². The van der Waals surface area contributed by atoms with Gasteiger partial charge in [-0.25, -0.2) is 4.79 Å². The summed E-state index contributed by atoms with van der Waals surface area (Å²) < 4.78 is 6.01. The minimum absolute atomic E-state index is 0.0583. The standard InChI is InChI=1S/C28H32N4O3S/c1-3-14-35-27(34)32-13-12-31(17-18(32)2)26(33)20-6-9-22-24(15-20)30-23(16-25(22)36)19-4-7-21(8-5-19)28(29)10-11-28/h4-9,15-16,18H,3,10-14,17,29H2,1-2H3,(H,30,36)/t18-/m1/s1. The van der Waals surface area contributed by atoms with Crippen molar-refractivity contribution in [2.24, 2.45) is 5.73 Å². The smallest absolute Gasteiger partial charge is 0.410 e. The number of hydrogen-bond donors (Lipinski definition) is 2. The van der Waals surface area contributed by atoms with E-state index >= 15 is 0 Å². The number of fused-ring (bicyclic) bond motifs is 1. The number of hydrogen-bond acceptors (Lipinski definition) is 5. The molecule has 0 spiro atoms. The Morgan fingerprint density at radius 2 is 1.89 bits per heavy atom. The van der Waals surface area contributed by atoms with Crippen LogP contribution in [0.2, 0.25) is 0 Å². The molecule has 188 valence electrons. The van der Waals surface area contributed by atoms with Gasteiger partial charge < -0.3 is 25.3 Å². The molecule has 3 aromatic rings. The van der Waals surface area contributed by atoms with Gasteiger partial charge in [0.1, 0.15) is 0 Å². The van der Waals surface area contributed by atoms with E-state index < -0.39 is 0 Å². The highest BCUT2D eigenvalue weighted by atomic mass is 32.1. The Bertz CT molecular complexity index is 1360. The molecule has 8 heteroatoms. The van der Waals surface area contributed by atoms with Crippen LogP contribution in [-0.4, -0.2) is 59.1 Å². The molecule has 36 heavy (non-hydrogen) atoms. The summed E-state index contributed by atoms with van der Waals surface area (Å²) in [5.41, 5.74) is 10.7. The van der Waals surface area contributed by atoms with Gasteiger partial charge in [-0.1, -0.05) is 49.5 Å². The second-order valence-electron chi connectivity index (χ2n) is 9.95. The van der Waals surface area contributed by atoms with Gasteiger partial charge in [-0.15, -0.1) is 0 Å². The third-order valence-electron chi connectivity index (χ3n) is 7.22. The molecule has 1 saturated carbocycles. The van der Waals surface area contributed by atoms with Gasteiger partial charge in [0.25, 0.3) is 5.91 Å². The molecular weight excluding hydrogens is 472 g/mol. The number of carbonyl (C=O) groups is 2. The summed E-state index contributed by atoms with van der Waals surface area (Å²) in [6.45, 7) is 5.69. The van der Waals surface area contributed by atoms with Crippen LogP contribution in [0.25, 0.3) is 22.2 Å². The van der Waals surface area contributed by atoms with Crippen molar-refractivity contribution in [2.75, 3.05) is 26.2 Å². The normalized spacial score (nSPS) is 18.8. The first kappa shape index (κ1) is 24.5. The number of ether oxygens (including phenoxy) is 1. The molecule has 3 N–H and O–H groups in total. The number of nitrogens with two attached hydrogens (primary N) is 1. The highest BCUT2D eigenvalue weighted by Crippen LogP contribution is 2.42. The number of H-pyrrole nitrogens is 1. The second-order valence-corrected chi connectivity index (χ2v) is 10.4. The van der Waals surface area contributed by atoms with Crippen molar-refractivity contribution in [2.45, 2.75) is 44.7 Å². The van der Waals surface area contributed by atoms with Gasteiger partial charge in [-0.2, -0.15) is 0 Å². The van der Waals surface area contributed by atoms with Gasteiger partial charge in [0, 0.05) is 57.9 Å². The average molecular weight is 505 g/mol. The molecule has 1 aromatic heterocycles. The Hall–Kier alpha value is -3.23. The number of nitrogens with zero attached hydrogens (tertiary/aromatic N) is 2. The zero-order valence-corrected chi connectivity index (χ0v) is 21.6. The molecule has 1 atom stereocenters. The fourth-order valence-corrected chi connectivity index (χ4v) is 5.11. The maximum Gasteiger partial charge on any atom is 0.410 e. The third-order valence-corrected chi connectivity index (χ3v) is 7.55. The Morgan fingerprint density at radius 3 is 2.56 bits per heavy atom. The monoisotopic (exact) mass is 504 g/mol. The first-order valence-electron chi connectivity index (χ1n) is 12.6. The van der Waals surface area contributed by atoms with Gasteiger partial charge in [-0.05, 0) is 55.5 Å². The highest BCUT2D eigenvalue weighted by molar-refractivity contribution is 7.71. The number of piperazine rings is 1. The van der Waals surface area contributed by atoms with E-state index in [4.69, 9.17) is 22.7 Å². The van der Waals surface area contributed by atoms with Crippen LogP contribution in [0.3, 0.4) is 0 Å². The highest BCUT2D eigenvalue weighted by Gasteiger charge is 2.39. The number of amides is 2. The van der Waals surface area contributed by atoms with E-state index in [2.05, 4.69) is 29.2 Å². The summed E-state index contributed by atoms with van der Waals surface area (Å²) in [7, 11) is 0. The molecule has 0 unspecified atom stereocenters. The summed E-state index contributed by atoms with van der Waals surface area (Å²) >= 11 is 5.67. The number of aromatic amines is 1. The summed E-state index contributed by atoms with van der Waals surface area (Å²) in [5, 5.41) is 0.901. The van der Waals surface area contributed by atoms with Crippen molar-refractivity contribution in [3.05, 3.63) is 64.2 Å². The predicted octanol–water partition coefficient (Wildman–Crippen LogP) is 5.21. The number of benzene rings is 2. The van der Waals surface area contributed by atoms with Crippen LogP contribution in [0.5, 0.6) is 0 Å². The van der Waals surface area contributed by atoms with Gasteiger partial charge in [0.2, 0.25) is 0 Å². The van der Waals surface area contributed by atoms with Crippen LogP contribution in [0.4, 0.5) is 4.79 Å². The first-order valence-corrected chi connectivity index (χ1v) is 13.0. The fourth-order valence-electron chi connectivity index (χ4n) is 4.81. The van der Waals surface area contributed by atoms with Gasteiger partial charge in [0.05, 0.1) is 6.61 Å². The lowest BCUT2D eigenvalue weighted by Crippen LogP contribution is -2.55. The zero-order chi connectivity index (χ0) is 25.4. The van der Waals surface area contributed by atoms with E-state index in [1.165, 1.54) is 0 Å². The molecule has 0 bridgehead atoms. The van der Waals surface area contributed by atoms with Crippen LogP contribution in [0, 0.1) is 4.51 Å². The third kappa shape index (κ3) is 4.75. The lowest BCUT2D eigenvalue weighted by atomic mass is 10.0. The lowest BCUT2D eigenvalue weighted by Gasteiger charge is -2.39. The Labute approximate surface area is 216 Å². The Balaban J connectivity index is 1.36. The molecule has 2 fully saturated rings. The van der Waals surface area contributed by atoms with E-state index in [1.54, 1.807) is 9.80 Å². The molecule has 2 heterocycles. The van der Waals surface area contributed by atoms with Gasteiger partial charge >= 0.3 is 6.09 Å². The quantitative estimate of drug-likeness (QED) is 0.466. The number of aromatic nitrogens is 1. The molecule has 1 aliphatic carbocycles. The fraction of sp³-hybridized carbons (Fsp3) is 0.393. The van der Waals surface area contributed by atoms with Gasteiger partial charge in [0.15, 0.2) is 0 Å². The molecule has 0 radical (unpaired) electrons. The maximum atomic E-state index is 13.4. The van der Waals surface area contributed by atoms with Crippen molar-refractivity contribution in [1.82, 2.24) is 14.8 Å². The second kappa shape index (κ2) is 9.67.